The Morgan fingerprint density at radius 3 is 2.60 bits per heavy atom. The molecule has 1 aromatic rings. The number of benzene rings is 1. The van der Waals surface area contributed by atoms with Crippen molar-refractivity contribution in [3.05, 3.63) is 35.9 Å². The topological polar surface area (TPSA) is 21.3 Å². The summed E-state index contributed by atoms with van der Waals surface area (Å²) in [4.78, 5) is 0. The zero-order valence-corrected chi connectivity index (χ0v) is 13.1. The van der Waals surface area contributed by atoms with E-state index >= 15 is 0 Å². The molecule has 4 atom stereocenters. The first-order chi connectivity index (χ1) is 9.70. The van der Waals surface area contributed by atoms with Gasteiger partial charge in [0.15, 0.2) is 0 Å². The van der Waals surface area contributed by atoms with E-state index in [2.05, 4.69) is 56.4 Å². The van der Waals surface area contributed by atoms with Gasteiger partial charge in [0.25, 0.3) is 0 Å². The van der Waals surface area contributed by atoms with E-state index in [9.17, 15) is 0 Å². The monoisotopic (exact) mass is 275 g/mol. The zero-order chi connectivity index (χ0) is 14.4. The molecule has 0 saturated heterocycles. The lowest BCUT2D eigenvalue weighted by atomic mass is 9.78. The lowest BCUT2D eigenvalue weighted by Crippen LogP contribution is -2.49. The highest BCUT2D eigenvalue weighted by atomic mass is 16.5. The predicted octanol–water partition coefficient (Wildman–Crippen LogP) is 4.01. The van der Waals surface area contributed by atoms with Crippen LogP contribution in [0, 0.1) is 11.8 Å². The molecule has 1 aliphatic rings. The first kappa shape index (κ1) is 15.5. The average molecular weight is 275 g/mol. The van der Waals surface area contributed by atoms with Gasteiger partial charge in [0.05, 0.1) is 12.7 Å². The van der Waals surface area contributed by atoms with Crippen LogP contribution in [0.3, 0.4) is 0 Å². The van der Waals surface area contributed by atoms with E-state index in [0.717, 1.165) is 19.1 Å². The fourth-order valence-electron chi connectivity index (χ4n) is 3.41. The molecule has 0 aliphatic heterocycles. The molecule has 2 nitrogen and oxygen atoms in total. The van der Waals surface area contributed by atoms with Crippen LogP contribution in [0.25, 0.3) is 0 Å². The number of rotatable bonds is 6. The Labute approximate surface area is 123 Å². The minimum absolute atomic E-state index is 0.345. The molecule has 2 rings (SSSR count). The van der Waals surface area contributed by atoms with E-state index in [1.54, 1.807) is 0 Å². The molecule has 4 unspecified atom stereocenters. The minimum atomic E-state index is 0.345. The lowest BCUT2D eigenvalue weighted by Gasteiger charge is -2.40. The van der Waals surface area contributed by atoms with Crippen molar-refractivity contribution in [1.82, 2.24) is 5.32 Å². The van der Waals surface area contributed by atoms with E-state index in [1.807, 2.05) is 0 Å². The van der Waals surface area contributed by atoms with E-state index in [1.165, 1.54) is 24.8 Å². The van der Waals surface area contributed by atoms with Crippen molar-refractivity contribution in [2.45, 2.75) is 58.8 Å². The van der Waals surface area contributed by atoms with Gasteiger partial charge < -0.3 is 10.1 Å². The standard InChI is InChI=1S/C18H29NO/c1-4-10-19-17-12-14(2)11-15(3)18(17)20-13-16-8-6-5-7-9-16/h5-9,14-15,17-19H,4,10-13H2,1-3H3. The van der Waals surface area contributed by atoms with Crippen molar-refractivity contribution in [2.75, 3.05) is 6.54 Å². The van der Waals surface area contributed by atoms with Crippen LogP contribution in [0.2, 0.25) is 0 Å². The van der Waals surface area contributed by atoms with Gasteiger partial charge in [-0.15, -0.1) is 0 Å². The molecular weight excluding hydrogens is 246 g/mol. The molecule has 0 spiro atoms. The van der Waals surface area contributed by atoms with Gasteiger partial charge >= 0.3 is 0 Å². The second kappa shape index (κ2) is 7.80. The Balaban J connectivity index is 1.94. The van der Waals surface area contributed by atoms with Crippen LogP contribution in [0.15, 0.2) is 30.3 Å². The fourth-order valence-corrected chi connectivity index (χ4v) is 3.41. The zero-order valence-electron chi connectivity index (χ0n) is 13.1. The van der Waals surface area contributed by atoms with Gasteiger partial charge in [-0.3, -0.25) is 0 Å². The van der Waals surface area contributed by atoms with Crippen LogP contribution in [-0.4, -0.2) is 18.7 Å². The minimum Gasteiger partial charge on any atom is -0.372 e. The average Bonchev–Trinajstić information content (AvgIpc) is 2.45. The van der Waals surface area contributed by atoms with E-state index < -0.39 is 0 Å². The van der Waals surface area contributed by atoms with Gasteiger partial charge in [-0.25, -0.2) is 0 Å². The van der Waals surface area contributed by atoms with Crippen molar-refractivity contribution in [3.63, 3.8) is 0 Å². The van der Waals surface area contributed by atoms with Gasteiger partial charge in [0.2, 0.25) is 0 Å². The van der Waals surface area contributed by atoms with Crippen molar-refractivity contribution in [3.8, 4) is 0 Å². The van der Waals surface area contributed by atoms with Crippen LogP contribution in [0.5, 0.6) is 0 Å². The summed E-state index contributed by atoms with van der Waals surface area (Å²) in [5, 5.41) is 3.69. The Hall–Kier alpha value is -0.860. The van der Waals surface area contributed by atoms with Gasteiger partial charge in [-0.1, -0.05) is 51.1 Å². The molecule has 0 heterocycles. The van der Waals surface area contributed by atoms with E-state index in [4.69, 9.17) is 4.74 Å². The van der Waals surface area contributed by atoms with Crippen LogP contribution >= 0.6 is 0 Å². The summed E-state index contributed by atoms with van der Waals surface area (Å²) in [6.45, 7) is 8.75. The third-order valence-corrected chi connectivity index (χ3v) is 4.33. The molecule has 1 aliphatic carbocycles. The number of nitrogens with one attached hydrogen (secondary N) is 1. The van der Waals surface area contributed by atoms with Crippen LogP contribution < -0.4 is 5.32 Å². The third-order valence-electron chi connectivity index (χ3n) is 4.33. The summed E-state index contributed by atoms with van der Waals surface area (Å²) in [5.74, 6) is 1.44. The van der Waals surface area contributed by atoms with Crippen molar-refractivity contribution in [2.24, 2.45) is 11.8 Å². The molecule has 1 aromatic carbocycles. The highest BCUT2D eigenvalue weighted by Crippen LogP contribution is 2.31. The molecule has 0 amide bonds. The second-order valence-electron chi connectivity index (χ2n) is 6.38. The summed E-state index contributed by atoms with van der Waals surface area (Å²) in [5.41, 5.74) is 1.27. The maximum atomic E-state index is 6.28. The highest BCUT2D eigenvalue weighted by molar-refractivity contribution is 5.13. The Morgan fingerprint density at radius 1 is 1.15 bits per heavy atom. The summed E-state index contributed by atoms with van der Waals surface area (Å²) >= 11 is 0. The molecule has 112 valence electrons. The SMILES string of the molecule is CCCNC1CC(C)CC(C)C1OCc1ccccc1. The van der Waals surface area contributed by atoms with Crippen LogP contribution in [0.4, 0.5) is 0 Å². The van der Waals surface area contributed by atoms with Crippen molar-refractivity contribution >= 4 is 0 Å². The molecule has 1 saturated carbocycles. The molecule has 0 bridgehead atoms. The highest BCUT2D eigenvalue weighted by Gasteiger charge is 2.34. The molecule has 1 N–H and O–H groups in total. The molecule has 1 fully saturated rings. The third kappa shape index (κ3) is 4.32. The first-order valence-electron chi connectivity index (χ1n) is 8.09. The Morgan fingerprint density at radius 2 is 1.90 bits per heavy atom. The largest absolute Gasteiger partial charge is 0.372 e. The van der Waals surface area contributed by atoms with E-state index in [-0.39, 0.29) is 0 Å². The van der Waals surface area contributed by atoms with Crippen molar-refractivity contribution in [1.29, 1.82) is 0 Å². The number of hydrogen-bond acceptors (Lipinski definition) is 2. The summed E-state index contributed by atoms with van der Waals surface area (Å²) in [6, 6.07) is 11.0. The summed E-state index contributed by atoms with van der Waals surface area (Å²) in [6.07, 6.45) is 4.05. The van der Waals surface area contributed by atoms with Crippen LogP contribution in [0.1, 0.15) is 45.6 Å². The summed E-state index contributed by atoms with van der Waals surface area (Å²) in [7, 11) is 0. The normalized spacial score (nSPS) is 30.4. The molecule has 2 heteroatoms. The van der Waals surface area contributed by atoms with Crippen molar-refractivity contribution < 1.29 is 4.74 Å². The fraction of sp³-hybridized carbons (Fsp3) is 0.667. The van der Waals surface area contributed by atoms with Gasteiger partial charge in [0, 0.05) is 6.04 Å². The second-order valence-corrected chi connectivity index (χ2v) is 6.38. The lowest BCUT2D eigenvalue weighted by molar-refractivity contribution is -0.0467. The molecule has 0 radical (unpaired) electrons. The maximum absolute atomic E-state index is 6.28. The first-order valence-corrected chi connectivity index (χ1v) is 8.09. The molecule has 20 heavy (non-hydrogen) atoms. The van der Waals surface area contributed by atoms with E-state index in [0.29, 0.717) is 18.1 Å². The molecular formula is C18H29NO. The number of hydrogen-bond donors (Lipinski definition) is 1. The quantitative estimate of drug-likeness (QED) is 0.847. The predicted molar refractivity (Wildman–Crippen MR) is 84.7 cm³/mol. The number of ether oxygens (including phenoxy) is 1. The smallest absolute Gasteiger partial charge is 0.0758 e. The summed E-state index contributed by atoms with van der Waals surface area (Å²) < 4.78 is 6.28. The maximum Gasteiger partial charge on any atom is 0.0758 e. The van der Waals surface area contributed by atoms with Gasteiger partial charge in [0.1, 0.15) is 0 Å². The van der Waals surface area contributed by atoms with Gasteiger partial charge in [-0.05, 0) is 43.2 Å². The Bertz CT molecular complexity index is 378. The Kier molecular flexibility index (Phi) is 6.06. The van der Waals surface area contributed by atoms with Gasteiger partial charge in [-0.2, -0.15) is 0 Å². The molecule has 0 aromatic heterocycles. The van der Waals surface area contributed by atoms with Crippen LogP contribution in [-0.2, 0) is 11.3 Å².